The van der Waals surface area contributed by atoms with E-state index >= 15 is 0 Å². The quantitative estimate of drug-likeness (QED) is 0.384. The number of oxime groups is 1. The zero-order valence-electron chi connectivity index (χ0n) is 8.88. The Bertz CT molecular complexity index is 199. The molecular formula is C9H17NO3. The first-order valence-electron chi connectivity index (χ1n) is 4.16. The van der Waals surface area contributed by atoms with Crippen LogP contribution in [0.4, 0.5) is 0 Å². The Morgan fingerprint density at radius 2 is 1.85 bits per heavy atom. The molecule has 0 amide bonds. The van der Waals surface area contributed by atoms with Gasteiger partial charge in [-0.05, 0) is 34.6 Å². The van der Waals surface area contributed by atoms with Gasteiger partial charge in [0.2, 0.25) is 6.61 Å². The molecule has 0 radical (unpaired) electrons. The molecule has 0 aromatic rings. The lowest BCUT2D eigenvalue weighted by Crippen LogP contribution is -2.26. The first kappa shape index (κ1) is 11.9. The molecule has 0 N–H and O–H groups in total. The van der Waals surface area contributed by atoms with E-state index in [4.69, 9.17) is 9.57 Å². The highest BCUT2D eigenvalue weighted by Gasteiger charge is 2.16. The predicted molar refractivity (Wildman–Crippen MR) is 50.6 cm³/mol. The molecule has 76 valence electrons. The molecule has 0 saturated carbocycles. The molecule has 0 unspecified atom stereocenters. The molecule has 4 nitrogen and oxygen atoms in total. The second-order valence-electron chi connectivity index (χ2n) is 3.90. The van der Waals surface area contributed by atoms with E-state index in [0.717, 1.165) is 5.71 Å². The highest BCUT2D eigenvalue weighted by atomic mass is 16.7. The van der Waals surface area contributed by atoms with Crippen molar-refractivity contribution in [3.8, 4) is 0 Å². The van der Waals surface area contributed by atoms with Crippen molar-refractivity contribution in [2.45, 2.75) is 40.2 Å². The molecule has 0 atom stereocenters. The smallest absolute Gasteiger partial charge is 0.347 e. The van der Waals surface area contributed by atoms with Gasteiger partial charge in [0, 0.05) is 0 Å². The maximum absolute atomic E-state index is 11.0. The number of carbonyl (C=O) groups excluding carboxylic acids is 1. The zero-order chi connectivity index (χ0) is 10.5. The van der Waals surface area contributed by atoms with E-state index < -0.39 is 11.6 Å². The van der Waals surface area contributed by atoms with E-state index in [1.165, 1.54) is 0 Å². The first-order valence-corrected chi connectivity index (χ1v) is 4.16. The fraction of sp³-hybridized carbons (Fsp3) is 0.778. The van der Waals surface area contributed by atoms with Crippen LogP contribution in [0.5, 0.6) is 0 Å². The minimum Gasteiger partial charge on any atom is -0.457 e. The maximum Gasteiger partial charge on any atom is 0.347 e. The predicted octanol–water partition coefficient (Wildman–Crippen LogP) is 1.74. The number of esters is 1. The number of nitrogens with zero attached hydrogens (tertiary/aromatic N) is 1. The lowest BCUT2D eigenvalue weighted by molar-refractivity contribution is -0.160. The summed E-state index contributed by atoms with van der Waals surface area (Å²) in [6.07, 6.45) is 0. The van der Waals surface area contributed by atoms with E-state index in [1.54, 1.807) is 34.6 Å². The van der Waals surface area contributed by atoms with Gasteiger partial charge >= 0.3 is 5.97 Å². The van der Waals surface area contributed by atoms with Crippen LogP contribution >= 0.6 is 0 Å². The van der Waals surface area contributed by atoms with Crippen molar-refractivity contribution in [1.29, 1.82) is 0 Å². The largest absolute Gasteiger partial charge is 0.457 e. The van der Waals surface area contributed by atoms with E-state index in [1.807, 2.05) is 0 Å². The molecule has 0 aliphatic heterocycles. The van der Waals surface area contributed by atoms with E-state index in [0.29, 0.717) is 0 Å². The van der Waals surface area contributed by atoms with Crippen LogP contribution in [0.3, 0.4) is 0 Å². The molecule has 0 heterocycles. The second-order valence-corrected chi connectivity index (χ2v) is 3.90. The van der Waals surface area contributed by atoms with Crippen LogP contribution in [0.15, 0.2) is 5.16 Å². The average molecular weight is 187 g/mol. The molecule has 0 fully saturated rings. The number of hydrogen-bond donors (Lipinski definition) is 0. The third kappa shape index (κ3) is 8.85. The molecule has 0 saturated heterocycles. The Morgan fingerprint density at radius 3 is 2.23 bits per heavy atom. The molecule has 0 aliphatic rings. The fourth-order valence-electron chi connectivity index (χ4n) is 0.585. The Morgan fingerprint density at radius 1 is 1.31 bits per heavy atom. The summed E-state index contributed by atoms with van der Waals surface area (Å²) in [5, 5.41) is 3.61. The third-order valence-corrected chi connectivity index (χ3v) is 0.850. The fourth-order valence-corrected chi connectivity index (χ4v) is 0.585. The lowest BCUT2D eigenvalue weighted by Gasteiger charge is -2.18. The van der Waals surface area contributed by atoms with Crippen molar-refractivity contribution < 1.29 is 14.4 Å². The van der Waals surface area contributed by atoms with Gasteiger partial charge in [-0.2, -0.15) is 0 Å². The first-order chi connectivity index (χ1) is 5.81. The summed E-state index contributed by atoms with van der Waals surface area (Å²) >= 11 is 0. The van der Waals surface area contributed by atoms with Crippen molar-refractivity contribution >= 4 is 11.7 Å². The molecule has 4 heteroatoms. The number of carbonyl (C=O) groups is 1. The molecule has 13 heavy (non-hydrogen) atoms. The molecule has 0 aromatic carbocycles. The normalized spacial score (nSPS) is 10.5. The Kier molecular flexibility index (Phi) is 4.45. The van der Waals surface area contributed by atoms with Crippen molar-refractivity contribution in [2.24, 2.45) is 5.16 Å². The summed E-state index contributed by atoms with van der Waals surface area (Å²) in [5.41, 5.74) is 0.300. The summed E-state index contributed by atoms with van der Waals surface area (Å²) < 4.78 is 4.99. The van der Waals surface area contributed by atoms with Crippen LogP contribution < -0.4 is 0 Å². The van der Waals surface area contributed by atoms with Gasteiger partial charge in [0.25, 0.3) is 0 Å². The van der Waals surface area contributed by atoms with Gasteiger partial charge in [0.05, 0.1) is 5.71 Å². The molecule has 0 aliphatic carbocycles. The number of rotatable bonds is 3. The highest BCUT2D eigenvalue weighted by molar-refractivity contribution is 5.78. The van der Waals surface area contributed by atoms with E-state index in [-0.39, 0.29) is 6.61 Å². The van der Waals surface area contributed by atoms with Crippen molar-refractivity contribution in [3.05, 3.63) is 0 Å². The van der Waals surface area contributed by atoms with Crippen molar-refractivity contribution in [3.63, 3.8) is 0 Å². The minimum atomic E-state index is -0.467. The van der Waals surface area contributed by atoms with Gasteiger partial charge in [-0.1, -0.05) is 5.16 Å². The average Bonchev–Trinajstić information content (AvgIpc) is 1.81. The van der Waals surface area contributed by atoms with E-state index in [2.05, 4.69) is 5.16 Å². The van der Waals surface area contributed by atoms with Crippen LogP contribution in [0.2, 0.25) is 0 Å². The van der Waals surface area contributed by atoms with Gasteiger partial charge in [-0.3, -0.25) is 0 Å². The van der Waals surface area contributed by atoms with Crippen molar-refractivity contribution in [1.82, 2.24) is 0 Å². The number of ether oxygens (including phenoxy) is 1. The summed E-state index contributed by atoms with van der Waals surface area (Å²) in [6, 6.07) is 0. The maximum atomic E-state index is 11.0. The topological polar surface area (TPSA) is 47.9 Å². The van der Waals surface area contributed by atoms with Gasteiger partial charge in [-0.25, -0.2) is 4.79 Å². The number of hydrogen-bond acceptors (Lipinski definition) is 4. The van der Waals surface area contributed by atoms with Gasteiger partial charge in [-0.15, -0.1) is 0 Å². The SMILES string of the molecule is CC(C)=NOCC(=O)OC(C)(C)C. The van der Waals surface area contributed by atoms with Gasteiger partial charge in [0.15, 0.2) is 0 Å². The van der Waals surface area contributed by atoms with Crippen LogP contribution in [0.1, 0.15) is 34.6 Å². The van der Waals surface area contributed by atoms with Gasteiger partial charge < -0.3 is 9.57 Å². The summed E-state index contributed by atoms with van der Waals surface area (Å²) in [7, 11) is 0. The van der Waals surface area contributed by atoms with E-state index in [9.17, 15) is 4.79 Å². The third-order valence-electron chi connectivity index (χ3n) is 0.850. The summed E-state index contributed by atoms with van der Waals surface area (Å²) in [6.45, 7) is 8.85. The second kappa shape index (κ2) is 4.84. The summed E-state index contributed by atoms with van der Waals surface area (Å²) in [5.74, 6) is -0.405. The van der Waals surface area contributed by atoms with Crippen LogP contribution in [0, 0.1) is 0 Å². The monoisotopic (exact) mass is 187 g/mol. The highest BCUT2D eigenvalue weighted by Crippen LogP contribution is 2.06. The molecule has 0 aromatic heterocycles. The van der Waals surface area contributed by atoms with Crippen molar-refractivity contribution in [2.75, 3.05) is 6.61 Å². The standard InChI is InChI=1S/C9H17NO3/c1-7(2)10-12-6-8(11)13-9(3,4)5/h6H2,1-5H3. The van der Waals surface area contributed by atoms with Crippen LogP contribution in [-0.4, -0.2) is 23.9 Å². The lowest BCUT2D eigenvalue weighted by atomic mass is 10.2. The molecule has 0 rings (SSSR count). The summed E-state index contributed by atoms with van der Waals surface area (Å²) in [4.78, 5) is 15.7. The van der Waals surface area contributed by atoms with Gasteiger partial charge in [0.1, 0.15) is 5.60 Å². The molecule has 0 spiro atoms. The Balaban J connectivity index is 3.71. The van der Waals surface area contributed by atoms with Crippen LogP contribution in [0.25, 0.3) is 0 Å². The minimum absolute atomic E-state index is 0.136. The Hall–Kier alpha value is -1.06. The zero-order valence-corrected chi connectivity index (χ0v) is 8.88. The molecular weight excluding hydrogens is 170 g/mol. The Labute approximate surface area is 78.9 Å². The molecule has 0 bridgehead atoms. The van der Waals surface area contributed by atoms with Crippen LogP contribution in [-0.2, 0) is 14.4 Å².